The number of fused-ring (bicyclic) bond motifs is 2. The van der Waals surface area contributed by atoms with Crippen LogP contribution in [0.4, 0.5) is 18.9 Å². The molecule has 0 aliphatic rings. The van der Waals surface area contributed by atoms with Crippen molar-refractivity contribution in [2.45, 2.75) is 26.6 Å². The maximum absolute atomic E-state index is 13.7. The highest BCUT2D eigenvalue weighted by Crippen LogP contribution is 2.44. The van der Waals surface area contributed by atoms with Crippen LogP contribution in [0.15, 0.2) is 53.4 Å². The third kappa shape index (κ3) is 4.39. The van der Waals surface area contributed by atoms with Gasteiger partial charge in [0.15, 0.2) is 11.3 Å². The van der Waals surface area contributed by atoms with Gasteiger partial charge in [-0.1, -0.05) is 0 Å². The van der Waals surface area contributed by atoms with Crippen molar-refractivity contribution >= 4 is 44.7 Å². The molecule has 0 fully saturated rings. The Balaban J connectivity index is 1.48. The largest absolute Gasteiger partial charge is 0.464 e. The summed E-state index contributed by atoms with van der Waals surface area (Å²) in [6.07, 6.45) is -0.206. The van der Waals surface area contributed by atoms with Gasteiger partial charge in [-0.2, -0.15) is 23.4 Å². The summed E-state index contributed by atoms with van der Waals surface area (Å²) in [5, 5.41) is 11.5. The Bertz CT molecular complexity index is 1970. The van der Waals surface area contributed by atoms with Crippen molar-refractivity contribution in [2.75, 3.05) is 5.32 Å². The summed E-state index contributed by atoms with van der Waals surface area (Å²) in [6.45, 7) is 4.55. The molecule has 0 unspecified atom stereocenters. The molecule has 0 aliphatic heterocycles. The number of nitrogens with two attached hydrogens (primary N) is 1. The third-order valence-corrected chi connectivity index (χ3v) is 7.57. The Labute approximate surface area is 232 Å². The number of rotatable bonds is 6. The smallest absolute Gasteiger partial charge is 0.433 e. The molecule has 6 rings (SSSR count). The predicted octanol–water partition coefficient (Wildman–Crippen LogP) is 5.16. The monoisotopic (exact) mass is 580 g/mol. The Morgan fingerprint density at radius 3 is 2.66 bits per heavy atom. The molecule has 0 saturated carbocycles. The zero-order valence-corrected chi connectivity index (χ0v) is 22.2. The van der Waals surface area contributed by atoms with Crippen molar-refractivity contribution in [3.63, 3.8) is 0 Å². The molecule has 0 bridgehead atoms. The first-order valence-corrected chi connectivity index (χ1v) is 13.0. The molecule has 208 valence electrons. The van der Waals surface area contributed by atoms with Crippen molar-refractivity contribution in [3.8, 4) is 22.6 Å². The summed E-state index contributed by atoms with van der Waals surface area (Å²) in [6, 6.07) is 6.95. The van der Waals surface area contributed by atoms with E-state index in [0.717, 1.165) is 17.3 Å². The number of hydrogen-bond donors (Lipinski definition) is 2. The quantitative estimate of drug-likeness (QED) is 0.277. The number of aromatic nitrogens is 6. The van der Waals surface area contributed by atoms with Gasteiger partial charge in [-0.3, -0.25) is 14.3 Å². The van der Waals surface area contributed by atoms with Crippen LogP contribution in [0.1, 0.15) is 38.5 Å². The van der Waals surface area contributed by atoms with E-state index < -0.39 is 23.7 Å². The van der Waals surface area contributed by atoms with Gasteiger partial charge in [-0.15, -0.1) is 11.3 Å². The second-order valence-corrected chi connectivity index (χ2v) is 9.92. The molecule has 11 nitrogen and oxygen atoms in total. The van der Waals surface area contributed by atoms with Crippen molar-refractivity contribution < 1.29 is 27.2 Å². The number of amides is 2. The van der Waals surface area contributed by atoms with E-state index in [1.165, 1.54) is 29.0 Å². The number of carbonyl (C=O) groups excluding carboxylic acids is 2. The van der Waals surface area contributed by atoms with Gasteiger partial charge in [0, 0.05) is 41.0 Å². The Morgan fingerprint density at radius 1 is 1.20 bits per heavy atom. The number of primary amides is 1. The zero-order valence-electron chi connectivity index (χ0n) is 21.4. The number of anilines is 1. The standard InChI is InChI=1S/C26H19F3N8O3S/c1-3-36-12(2)14(11-32-36)16-6-7-31-19-10-15(35-37(16)19)24(39)34-21-20-13(17-5-4-8-40-17)9-18(26(27,28)29)33-25(20)41-22(21)23(30)38/h4-11H,3H2,1-2H3,(H2,30,38)(H,34,39). The van der Waals surface area contributed by atoms with Crippen LogP contribution < -0.4 is 11.1 Å². The number of nitrogens with one attached hydrogen (secondary N) is 1. The Kier molecular flexibility index (Phi) is 6.10. The van der Waals surface area contributed by atoms with Crippen LogP contribution in [0, 0.1) is 6.92 Å². The van der Waals surface area contributed by atoms with E-state index >= 15 is 0 Å². The number of alkyl halides is 3. The molecule has 0 radical (unpaired) electrons. The number of furan rings is 1. The van der Waals surface area contributed by atoms with E-state index in [2.05, 4.69) is 25.5 Å². The van der Waals surface area contributed by atoms with E-state index in [0.29, 0.717) is 29.2 Å². The first-order chi connectivity index (χ1) is 19.6. The molecule has 15 heteroatoms. The van der Waals surface area contributed by atoms with Crippen LogP contribution in [-0.2, 0) is 12.7 Å². The molecule has 2 amide bonds. The minimum absolute atomic E-state index is 0.0197. The molecule has 6 aromatic rings. The Hall–Kier alpha value is -5.05. The molecular formula is C26H19F3N8O3S. The minimum Gasteiger partial charge on any atom is -0.464 e. The average Bonchev–Trinajstić information content (AvgIpc) is 3.72. The summed E-state index contributed by atoms with van der Waals surface area (Å²) in [5.74, 6) is -1.61. The fourth-order valence-corrected chi connectivity index (χ4v) is 5.57. The average molecular weight is 581 g/mol. The molecule has 0 aliphatic carbocycles. The molecular weight excluding hydrogens is 561 g/mol. The van der Waals surface area contributed by atoms with Crippen molar-refractivity contribution in [3.05, 3.63) is 70.9 Å². The van der Waals surface area contributed by atoms with Gasteiger partial charge in [-0.25, -0.2) is 14.5 Å². The van der Waals surface area contributed by atoms with Gasteiger partial charge in [0.25, 0.3) is 11.8 Å². The maximum atomic E-state index is 13.7. The summed E-state index contributed by atoms with van der Waals surface area (Å²) in [5.41, 5.74) is 6.92. The highest BCUT2D eigenvalue weighted by molar-refractivity contribution is 7.21. The van der Waals surface area contributed by atoms with Crippen molar-refractivity contribution in [2.24, 2.45) is 5.73 Å². The summed E-state index contributed by atoms with van der Waals surface area (Å²) < 4.78 is 49.7. The number of pyridine rings is 1. The first-order valence-electron chi connectivity index (χ1n) is 12.1. The molecule has 0 spiro atoms. The van der Waals surface area contributed by atoms with Gasteiger partial charge >= 0.3 is 6.18 Å². The molecule has 0 aromatic carbocycles. The molecule has 0 saturated heterocycles. The molecule has 41 heavy (non-hydrogen) atoms. The third-order valence-electron chi connectivity index (χ3n) is 6.47. The van der Waals surface area contributed by atoms with E-state index in [4.69, 9.17) is 10.2 Å². The van der Waals surface area contributed by atoms with Crippen LogP contribution in [0.25, 0.3) is 38.4 Å². The highest BCUT2D eigenvalue weighted by atomic mass is 32.1. The van der Waals surface area contributed by atoms with Crippen LogP contribution in [0.2, 0.25) is 0 Å². The fourth-order valence-electron chi connectivity index (χ4n) is 4.57. The number of carbonyl (C=O) groups is 2. The lowest BCUT2D eigenvalue weighted by Crippen LogP contribution is -2.17. The highest BCUT2D eigenvalue weighted by Gasteiger charge is 2.35. The van der Waals surface area contributed by atoms with E-state index in [9.17, 15) is 22.8 Å². The number of hydrogen-bond acceptors (Lipinski definition) is 8. The second kappa shape index (κ2) is 9.55. The minimum atomic E-state index is -4.77. The lowest BCUT2D eigenvalue weighted by Gasteiger charge is -2.10. The second-order valence-electron chi connectivity index (χ2n) is 8.92. The topological polar surface area (TPSA) is 146 Å². The van der Waals surface area contributed by atoms with Crippen LogP contribution in [0.3, 0.4) is 0 Å². The lowest BCUT2D eigenvalue weighted by atomic mass is 10.1. The summed E-state index contributed by atoms with van der Waals surface area (Å²) in [7, 11) is 0. The number of aryl methyl sites for hydroxylation is 1. The normalized spacial score (nSPS) is 11.9. The van der Waals surface area contributed by atoms with Crippen LogP contribution >= 0.6 is 11.3 Å². The molecule has 3 N–H and O–H groups in total. The summed E-state index contributed by atoms with van der Waals surface area (Å²) in [4.78, 5) is 33.5. The lowest BCUT2D eigenvalue weighted by molar-refractivity contribution is -0.140. The van der Waals surface area contributed by atoms with E-state index in [1.807, 2.05) is 18.5 Å². The first kappa shape index (κ1) is 26.2. The molecule has 0 atom stereocenters. The Morgan fingerprint density at radius 2 is 2.00 bits per heavy atom. The fraction of sp³-hybridized carbons (Fsp3) is 0.154. The maximum Gasteiger partial charge on any atom is 0.433 e. The van der Waals surface area contributed by atoms with Gasteiger partial charge < -0.3 is 15.5 Å². The van der Waals surface area contributed by atoms with Crippen LogP contribution in [0.5, 0.6) is 0 Å². The molecule has 6 heterocycles. The van der Waals surface area contributed by atoms with Gasteiger partial charge in [0.05, 0.1) is 23.8 Å². The number of thiophene rings is 1. The van der Waals surface area contributed by atoms with Crippen LogP contribution in [-0.4, -0.2) is 41.2 Å². The van der Waals surface area contributed by atoms with Gasteiger partial charge in [-0.05, 0) is 38.1 Å². The van der Waals surface area contributed by atoms with Crippen molar-refractivity contribution in [1.29, 1.82) is 0 Å². The van der Waals surface area contributed by atoms with E-state index in [-0.39, 0.29) is 37.8 Å². The van der Waals surface area contributed by atoms with Gasteiger partial charge in [0.2, 0.25) is 0 Å². The van der Waals surface area contributed by atoms with Crippen molar-refractivity contribution in [1.82, 2.24) is 29.4 Å². The number of nitrogens with zero attached hydrogens (tertiary/aromatic N) is 6. The molecule has 6 aromatic heterocycles. The van der Waals surface area contributed by atoms with E-state index in [1.54, 1.807) is 18.5 Å². The predicted molar refractivity (Wildman–Crippen MR) is 143 cm³/mol. The number of halogens is 3. The summed E-state index contributed by atoms with van der Waals surface area (Å²) >= 11 is 0.632. The zero-order chi connectivity index (χ0) is 29.1. The van der Waals surface area contributed by atoms with Gasteiger partial charge in [0.1, 0.15) is 21.2 Å². The SMILES string of the molecule is CCn1ncc(-c2ccnc3cc(C(=O)Nc4c(C(N)=O)sc5nc(C(F)(F)F)cc(-c6ccco6)c45)nn23)c1C.